The van der Waals surface area contributed by atoms with Gasteiger partial charge in [0.05, 0.1) is 0 Å². The summed E-state index contributed by atoms with van der Waals surface area (Å²) in [6.45, 7) is -0.00213. The molecule has 1 rings (SSSR count). The third-order valence-corrected chi connectivity index (χ3v) is 2.17. The molecular formula is C7H12F3NO. The topological polar surface area (TPSA) is 32.3 Å². The van der Waals surface area contributed by atoms with E-state index in [1.165, 1.54) is 0 Å². The number of hydrogen-bond donors (Lipinski definition) is 2. The van der Waals surface area contributed by atoms with Crippen LogP contribution in [0.4, 0.5) is 13.2 Å². The van der Waals surface area contributed by atoms with Crippen molar-refractivity contribution in [2.24, 2.45) is 5.92 Å². The first kappa shape index (κ1) is 9.80. The highest BCUT2D eigenvalue weighted by Crippen LogP contribution is 2.30. The molecule has 1 heterocycles. The van der Waals surface area contributed by atoms with Gasteiger partial charge < -0.3 is 10.4 Å². The maximum absolute atomic E-state index is 12.2. The number of rotatable bonds is 1. The van der Waals surface area contributed by atoms with Crippen LogP contribution in [0.5, 0.6) is 0 Å². The Balaban J connectivity index is 2.59. The fraction of sp³-hybridized carbons (Fsp3) is 1.00. The van der Waals surface area contributed by atoms with Crippen LogP contribution in [0.25, 0.3) is 0 Å². The van der Waals surface area contributed by atoms with Crippen molar-refractivity contribution in [1.29, 1.82) is 0 Å². The summed E-state index contributed by atoms with van der Waals surface area (Å²) in [4.78, 5) is 0. The second-order valence-electron chi connectivity index (χ2n) is 3.06. The zero-order valence-corrected chi connectivity index (χ0v) is 6.56. The van der Waals surface area contributed by atoms with Crippen molar-refractivity contribution >= 4 is 0 Å². The van der Waals surface area contributed by atoms with Gasteiger partial charge in [-0.3, -0.25) is 0 Å². The molecule has 1 saturated heterocycles. The molecule has 12 heavy (non-hydrogen) atoms. The molecule has 0 aromatic rings. The predicted molar refractivity (Wildman–Crippen MR) is 37.7 cm³/mol. The van der Waals surface area contributed by atoms with Crippen molar-refractivity contribution < 1.29 is 18.3 Å². The Labute approximate surface area is 68.8 Å². The minimum atomic E-state index is -4.23. The molecule has 0 amide bonds. The number of nitrogens with one attached hydrogen (secondary N) is 1. The lowest BCUT2D eigenvalue weighted by atomic mass is 9.91. The van der Waals surface area contributed by atoms with Crippen LogP contribution in [0.15, 0.2) is 0 Å². The summed E-state index contributed by atoms with van der Waals surface area (Å²) in [5.41, 5.74) is 0. The third kappa shape index (κ3) is 2.10. The van der Waals surface area contributed by atoms with E-state index >= 15 is 0 Å². The number of hydrogen-bond acceptors (Lipinski definition) is 2. The molecule has 2 N–H and O–H groups in total. The lowest BCUT2D eigenvalue weighted by Crippen LogP contribution is -2.52. The van der Waals surface area contributed by atoms with Gasteiger partial charge in [-0.15, -0.1) is 0 Å². The van der Waals surface area contributed by atoms with Gasteiger partial charge in [0.25, 0.3) is 0 Å². The van der Waals surface area contributed by atoms with Crippen molar-refractivity contribution in [2.75, 3.05) is 13.2 Å². The Morgan fingerprint density at radius 1 is 1.42 bits per heavy atom. The molecule has 5 heteroatoms. The predicted octanol–water partition coefficient (Wildman–Crippen LogP) is 0.909. The minimum Gasteiger partial charge on any atom is -0.396 e. The zero-order chi connectivity index (χ0) is 9.19. The van der Waals surface area contributed by atoms with Crippen molar-refractivity contribution in [3.63, 3.8) is 0 Å². The van der Waals surface area contributed by atoms with Crippen LogP contribution in [0.2, 0.25) is 0 Å². The van der Waals surface area contributed by atoms with Gasteiger partial charge in [-0.1, -0.05) is 0 Å². The molecule has 0 aliphatic carbocycles. The van der Waals surface area contributed by atoms with Crippen molar-refractivity contribution in [2.45, 2.75) is 25.1 Å². The SMILES string of the molecule is OC[C@H]1CCCN[C@H]1C(F)(F)F. The Hall–Kier alpha value is -0.290. The van der Waals surface area contributed by atoms with E-state index in [1.807, 2.05) is 0 Å². The first-order chi connectivity index (χ1) is 5.55. The van der Waals surface area contributed by atoms with Gasteiger partial charge in [-0.25, -0.2) is 0 Å². The normalized spacial score (nSPS) is 32.0. The standard InChI is InChI=1S/C7H12F3NO/c8-7(9,10)6-5(4-12)2-1-3-11-6/h5-6,11-12H,1-4H2/t5-,6-/m1/s1. The first-order valence-electron chi connectivity index (χ1n) is 3.96. The smallest absolute Gasteiger partial charge is 0.396 e. The second kappa shape index (κ2) is 3.62. The van der Waals surface area contributed by atoms with Crippen molar-refractivity contribution in [1.82, 2.24) is 5.32 Å². The first-order valence-corrected chi connectivity index (χ1v) is 3.96. The fourth-order valence-electron chi connectivity index (χ4n) is 1.53. The largest absolute Gasteiger partial charge is 0.404 e. The average Bonchev–Trinajstić information content (AvgIpc) is 2.03. The lowest BCUT2D eigenvalue weighted by molar-refractivity contribution is -0.175. The summed E-state index contributed by atoms with van der Waals surface area (Å²) in [5.74, 6) is -0.668. The van der Waals surface area contributed by atoms with E-state index in [0.717, 1.165) is 0 Å². The quantitative estimate of drug-likeness (QED) is 0.633. The van der Waals surface area contributed by atoms with Gasteiger partial charge in [-0.2, -0.15) is 13.2 Å². The molecule has 1 fully saturated rings. The van der Waals surface area contributed by atoms with Gasteiger partial charge in [0, 0.05) is 12.5 Å². The summed E-state index contributed by atoms with van der Waals surface area (Å²) in [5, 5.41) is 11.1. The van der Waals surface area contributed by atoms with Crippen LogP contribution in [-0.2, 0) is 0 Å². The Kier molecular flexibility index (Phi) is 2.95. The van der Waals surface area contributed by atoms with Crippen LogP contribution >= 0.6 is 0 Å². The summed E-state index contributed by atoms with van der Waals surface area (Å²) < 4.78 is 36.6. The highest BCUT2D eigenvalue weighted by molar-refractivity contribution is 4.86. The zero-order valence-electron chi connectivity index (χ0n) is 6.56. The Morgan fingerprint density at radius 3 is 2.50 bits per heavy atom. The molecule has 1 aliphatic heterocycles. The minimum absolute atomic E-state index is 0.390. The van der Waals surface area contributed by atoms with Gasteiger partial charge in [0.1, 0.15) is 6.04 Å². The highest BCUT2D eigenvalue weighted by Gasteiger charge is 2.45. The van der Waals surface area contributed by atoms with Crippen LogP contribution < -0.4 is 5.32 Å². The van der Waals surface area contributed by atoms with Crippen LogP contribution in [0.1, 0.15) is 12.8 Å². The van der Waals surface area contributed by atoms with Gasteiger partial charge in [-0.05, 0) is 19.4 Å². The van der Waals surface area contributed by atoms with E-state index in [9.17, 15) is 13.2 Å². The summed E-state index contributed by atoms with van der Waals surface area (Å²) in [6.07, 6.45) is -3.07. The van der Waals surface area contributed by atoms with Gasteiger partial charge >= 0.3 is 6.18 Å². The molecule has 72 valence electrons. The summed E-state index contributed by atoms with van der Waals surface area (Å²) in [7, 11) is 0. The molecule has 2 atom stereocenters. The maximum atomic E-state index is 12.2. The Bertz CT molecular complexity index is 148. The van der Waals surface area contributed by atoms with E-state index in [1.54, 1.807) is 0 Å². The van der Waals surface area contributed by atoms with Crippen molar-refractivity contribution in [3.05, 3.63) is 0 Å². The number of aliphatic hydroxyl groups is 1. The number of piperidine rings is 1. The molecule has 0 aromatic heterocycles. The third-order valence-electron chi connectivity index (χ3n) is 2.17. The highest BCUT2D eigenvalue weighted by atomic mass is 19.4. The van der Waals surface area contributed by atoms with Crippen molar-refractivity contribution in [3.8, 4) is 0 Å². The monoisotopic (exact) mass is 183 g/mol. The second-order valence-corrected chi connectivity index (χ2v) is 3.06. The number of aliphatic hydroxyl groups excluding tert-OH is 1. The van der Waals surface area contributed by atoms with E-state index in [0.29, 0.717) is 19.4 Å². The fourth-order valence-corrected chi connectivity index (χ4v) is 1.53. The number of halogens is 3. The van der Waals surface area contributed by atoms with Gasteiger partial charge in [0.15, 0.2) is 0 Å². The van der Waals surface area contributed by atoms with E-state index in [2.05, 4.69) is 5.32 Å². The number of alkyl halides is 3. The van der Waals surface area contributed by atoms with E-state index in [4.69, 9.17) is 5.11 Å². The van der Waals surface area contributed by atoms with E-state index < -0.39 is 24.7 Å². The Morgan fingerprint density at radius 2 is 2.08 bits per heavy atom. The molecule has 0 radical (unpaired) electrons. The molecule has 0 bridgehead atoms. The van der Waals surface area contributed by atoms with Crippen LogP contribution in [-0.4, -0.2) is 30.5 Å². The van der Waals surface area contributed by atoms with Crippen LogP contribution in [0, 0.1) is 5.92 Å². The van der Waals surface area contributed by atoms with Gasteiger partial charge in [0.2, 0.25) is 0 Å². The van der Waals surface area contributed by atoms with Crippen LogP contribution in [0.3, 0.4) is 0 Å². The molecule has 1 aliphatic rings. The molecule has 0 saturated carbocycles. The molecule has 0 unspecified atom stereocenters. The maximum Gasteiger partial charge on any atom is 0.404 e. The molecule has 0 spiro atoms. The summed E-state index contributed by atoms with van der Waals surface area (Å²) in [6, 6.07) is -1.52. The summed E-state index contributed by atoms with van der Waals surface area (Å²) >= 11 is 0. The molecule has 2 nitrogen and oxygen atoms in total. The molecule has 0 aromatic carbocycles. The average molecular weight is 183 g/mol. The molecular weight excluding hydrogens is 171 g/mol. The van der Waals surface area contributed by atoms with E-state index in [-0.39, 0.29) is 0 Å². The lowest BCUT2D eigenvalue weighted by Gasteiger charge is -2.32.